The summed E-state index contributed by atoms with van der Waals surface area (Å²) >= 11 is 1.67. The maximum absolute atomic E-state index is 12.8. The van der Waals surface area contributed by atoms with Gasteiger partial charge in [0.2, 0.25) is 5.91 Å². The number of hydrogen-bond donors (Lipinski definition) is 1. The quantitative estimate of drug-likeness (QED) is 0.778. The normalized spacial score (nSPS) is 21.1. The fourth-order valence-corrected chi connectivity index (χ4v) is 4.11. The van der Waals surface area contributed by atoms with Crippen molar-refractivity contribution in [2.45, 2.75) is 51.7 Å². The second-order valence-electron chi connectivity index (χ2n) is 6.63. The largest absolute Gasteiger partial charge is 0.350 e. The van der Waals surface area contributed by atoms with E-state index >= 15 is 0 Å². The van der Waals surface area contributed by atoms with Crippen LogP contribution < -0.4 is 5.32 Å². The summed E-state index contributed by atoms with van der Waals surface area (Å²) in [4.78, 5) is 16.3. The Bertz CT molecular complexity index is 640. The van der Waals surface area contributed by atoms with Gasteiger partial charge in [-0.3, -0.25) is 9.69 Å². The Morgan fingerprint density at radius 3 is 2.92 bits per heavy atom. The fraction of sp³-hybridized carbons (Fsp3) is 0.647. The maximum atomic E-state index is 12.8. The lowest BCUT2D eigenvalue weighted by atomic mass is 10.0. The van der Waals surface area contributed by atoms with E-state index in [9.17, 15) is 4.79 Å². The van der Waals surface area contributed by atoms with E-state index in [0.29, 0.717) is 12.5 Å². The summed E-state index contributed by atoms with van der Waals surface area (Å²) in [6.07, 6.45) is 4.66. The third kappa shape index (κ3) is 4.43. The number of aromatic nitrogens is 4. The number of hydrogen-bond acceptors (Lipinski definition) is 6. The Hall–Kier alpha value is -1.80. The van der Waals surface area contributed by atoms with E-state index in [2.05, 4.69) is 39.6 Å². The number of amides is 1. The number of carbonyl (C=O) groups excluding carboxylic acids is 1. The molecular weight excluding hydrogens is 336 g/mol. The van der Waals surface area contributed by atoms with Crippen molar-refractivity contribution in [3.8, 4) is 0 Å². The summed E-state index contributed by atoms with van der Waals surface area (Å²) in [6.45, 7) is 6.80. The van der Waals surface area contributed by atoms with Crippen molar-refractivity contribution in [2.24, 2.45) is 5.92 Å². The number of tetrazole rings is 1. The van der Waals surface area contributed by atoms with Crippen LogP contribution in [0.3, 0.4) is 0 Å². The van der Waals surface area contributed by atoms with Gasteiger partial charge in [-0.15, -0.1) is 16.4 Å². The van der Waals surface area contributed by atoms with Crippen LogP contribution in [0, 0.1) is 5.92 Å². The van der Waals surface area contributed by atoms with E-state index in [4.69, 9.17) is 0 Å². The van der Waals surface area contributed by atoms with Crippen molar-refractivity contribution in [3.63, 3.8) is 0 Å². The Morgan fingerprint density at radius 1 is 1.44 bits per heavy atom. The van der Waals surface area contributed by atoms with Gasteiger partial charge in [-0.2, -0.15) is 0 Å². The molecule has 2 aromatic rings. The summed E-state index contributed by atoms with van der Waals surface area (Å²) < 4.78 is 1.78. The Balaban J connectivity index is 1.67. The first-order chi connectivity index (χ1) is 12.2. The van der Waals surface area contributed by atoms with E-state index in [1.54, 1.807) is 22.3 Å². The molecule has 136 valence electrons. The van der Waals surface area contributed by atoms with Gasteiger partial charge in [0.25, 0.3) is 0 Å². The van der Waals surface area contributed by atoms with E-state index in [-0.39, 0.29) is 18.0 Å². The highest BCUT2D eigenvalue weighted by molar-refractivity contribution is 7.09. The topological polar surface area (TPSA) is 75.9 Å². The third-order valence-corrected chi connectivity index (χ3v) is 5.96. The average molecular weight is 363 g/mol. The molecule has 0 aromatic carbocycles. The standard InChI is InChI=1S/C17H26N6OS/c1-3-13(4-2)10-22-11-14(23-12-19-20-21-23)8-16(22)17(24)18-9-15-6-5-7-25-15/h5-7,12-14,16H,3-4,8-11H2,1-2H3,(H,18,24)/t14-,16-/m0/s1. The molecule has 0 spiro atoms. The fourth-order valence-electron chi connectivity index (χ4n) is 3.46. The monoisotopic (exact) mass is 362 g/mol. The van der Waals surface area contributed by atoms with Crippen LogP contribution in [0.4, 0.5) is 0 Å². The molecule has 2 aromatic heterocycles. The van der Waals surface area contributed by atoms with Gasteiger partial charge in [0.05, 0.1) is 18.6 Å². The zero-order valence-corrected chi connectivity index (χ0v) is 15.7. The van der Waals surface area contributed by atoms with Crippen LogP contribution in [0.2, 0.25) is 0 Å². The highest BCUT2D eigenvalue weighted by atomic mass is 32.1. The molecular formula is C17H26N6OS. The van der Waals surface area contributed by atoms with E-state index < -0.39 is 0 Å². The van der Waals surface area contributed by atoms with Gasteiger partial charge in [0.1, 0.15) is 6.33 Å². The predicted octanol–water partition coefficient (Wildman–Crippen LogP) is 2.10. The summed E-state index contributed by atoms with van der Waals surface area (Å²) in [5, 5.41) is 16.6. The lowest BCUT2D eigenvalue weighted by molar-refractivity contribution is -0.125. The number of rotatable bonds is 8. The van der Waals surface area contributed by atoms with Crippen molar-refractivity contribution >= 4 is 17.2 Å². The minimum atomic E-state index is -0.116. The highest BCUT2D eigenvalue weighted by Crippen LogP contribution is 2.28. The number of carbonyl (C=O) groups is 1. The summed E-state index contributed by atoms with van der Waals surface area (Å²) in [5.41, 5.74) is 0. The van der Waals surface area contributed by atoms with Crippen LogP contribution in [0.15, 0.2) is 23.8 Å². The molecule has 0 aliphatic carbocycles. The first kappa shape index (κ1) is 18.0. The molecule has 1 fully saturated rings. The molecule has 3 heterocycles. The predicted molar refractivity (Wildman–Crippen MR) is 97.1 cm³/mol. The van der Waals surface area contributed by atoms with Gasteiger partial charge in [-0.1, -0.05) is 32.8 Å². The molecule has 8 heteroatoms. The zero-order chi connectivity index (χ0) is 17.6. The lowest BCUT2D eigenvalue weighted by Gasteiger charge is -2.27. The van der Waals surface area contributed by atoms with Crippen LogP contribution in [0.5, 0.6) is 0 Å². The Labute approximate surface area is 152 Å². The minimum absolute atomic E-state index is 0.106. The lowest BCUT2D eigenvalue weighted by Crippen LogP contribution is -2.44. The molecule has 0 bridgehead atoms. The second kappa shape index (κ2) is 8.53. The molecule has 1 N–H and O–H groups in total. The molecule has 1 amide bonds. The van der Waals surface area contributed by atoms with Gasteiger partial charge in [-0.25, -0.2) is 4.68 Å². The van der Waals surface area contributed by atoms with Gasteiger partial charge >= 0.3 is 0 Å². The van der Waals surface area contributed by atoms with Gasteiger partial charge in [0, 0.05) is 18.0 Å². The first-order valence-corrected chi connectivity index (χ1v) is 9.85. The first-order valence-electron chi connectivity index (χ1n) is 8.97. The van der Waals surface area contributed by atoms with Gasteiger partial charge in [-0.05, 0) is 34.2 Å². The molecule has 7 nitrogen and oxygen atoms in total. The Morgan fingerprint density at radius 2 is 2.28 bits per heavy atom. The van der Waals surface area contributed by atoms with E-state index in [1.165, 1.54) is 4.88 Å². The van der Waals surface area contributed by atoms with E-state index in [1.807, 2.05) is 17.5 Å². The minimum Gasteiger partial charge on any atom is -0.350 e. The average Bonchev–Trinajstić information content (AvgIpc) is 3.38. The van der Waals surface area contributed by atoms with Crippen LogP contribution in [-0.2, 0) is 11.3 Å². The molecule has 1 aliphatic heterocycles. The van der Waals surface area contributed by atoms with Gasteiger partial charge < -0.3 is 5.32 Å². The smallest absolute Gasteiger partial charge is 0.237 e. The third-order valence-electron chi connectivity index (χ3n) is 5.09. The van der Waals surface area contributed by atoms with Crippen molar-refractivity contribution in [2.75, 3.05) is 13.1 Å². The van der Waals surface area contributed by atoms with Crippen LogP contribution in [-0.4, -0.2) is 50.1 Å². The van der Waals surface area contributed by atoms with Crippen LogP contribution in [0.25, 0.3) is 0 Å². The summed E-state index contributed by atoms with van der Waals surface area (Å²) in [7, 11) is 0. The second-order valence-corrected chi connectivity index (χ2v) is 7.66. The molecule has 2 atom stereocenters. The zero-order valence-electron chi connectivity index (χ0n) is 14.8. The summed E-state index contributed by atoms with van der Waals surface area (Å²) in [5.74, 6) is 0.718. The SMILES string of the molecule is CCC(CC)CN1C[C@@H](n2cnnn2)C[C@H]1C(=O)NCc1cccs1. The molecule has 1 saturated heterocycles. The highest BCUT2D eigenvalue weighted by Gasteiger charge is 2.38. The number of nitrogens with one attached hydrogen (secondary N) is 1. The van der Waals surface area contributed by atoms with Crippen molar-refractivity contribution in [1.29, 1.82) is 0 Å². The number of thiophene rings is 1. The van der Waals surface area contributed by atoms with Crippen molar-refractivity contribution in [1.82, 2.24) is 30.4 Å². The van der Waals surface area contributed by atoms with E-state index in [0.717, 1.165) is 32.4 Å². The van der Waals surface area contributed by atoms with Crippen molar-refractivity contribution in [3.05, 3.63) is 28.7 Å². The van der Waals surface area contributed by atoms with Crippen LogP contribution >= 0.6 is 11.3 Å². The number of nitrogens with zero attached hydrogens (tertiary/aromatic N) is 5. The molecule has 0 radical (unpaired) electrons. The molecule has 0 saturated carbocycles. The summed E-state index contributed by atoms with van der Waals surface area (Å²) in [6, 6.07) is 4.09. The molecule has 0 unspecified atom stereocenters. The molecule has 3 rings (SSSR count). The van der Waals surface area contributed by atoms with Crippen molar-refractivity contribution < 1.29 is 4.79 Å². The molecule has 1 aliphatic rings. The molecule has 25 heavy (non-hydrogen) atoms. The van der Waals surface area contributed by atoms with Crippen LogP contribution in [0.1, 0.15) is 44.0 Å². The maximum Gasteiger partial charge on any atom is 0.237 e. The Kier molecular flexibility index (Phi) is 6.14. The number of likely N-dealkylation sites (tertiary alicyclic amines) is 1. The van der Waals surface area contributed by atoms with Gasteiger partial charge in [0.15, 0.2) is 0 Å².